The van der Waals surface area contributed by atoms with Crippen LogP contribution in [-0.4, -0.2) is 4.98 Å². The van der Waals surface area contributed by atoms with Crippen LogP contribution >= 0.6 is 11.3 Å². The molecular weight excluding hydrogens is 261 g/mol. The first-order valence-corrected chi connectivity index (χ1v) is 6.15. The number of hydrogen-bond donors (Lipinski definition) is 1. The van der Waals surface area contributed by atoms with Crippen LogP contribution in [0.4, 0.5) is 19.0 Å². The number of hydrogen-bond acceptors (Lipinski definition) is 3. The fraction of sp³-hybridized carbons (Fsp3) is 0.250. The Morgan fingerprint density at radius 3 is 2.72 bits per heavy atom. The van der Waals surface area contributed by atoms with Crippen molar-refractivity contribution in [3.05, 3.63) is 45.8 Å². The molecule has 1 N–H and O–H groups in total. The number of aromatic nitrogens is 1. The van der Waals surface area contributed by atoms with Crippen LogP contribution in [0.3, 0.4) is 0 Å². The Hall–Kier alpha value is -1.56. The summed E-state index contributed by atoms with van der Waals surface area (Å²) in [4.78, 5) is 4.97. The molecule has 2 heterocycles. The second kappa shape index (κ2) is 4.97. The quantitative estimate of drug-likeness (QED) is 0.910. The van der Waals surface area contributed by atoms with Gasteiger partial charge in [-0.1, -0.05) is 0 Å². The average molecular weight is 272 g/mol. The van der Waals surface area contributed by atoms with Gasteiger partial charge in [0.1, 0.15) is 5.82 Å². The molecule has 0 amide bonds. The third kappa shape index (κ3) is 3.01. The van der Waals surface area contributed by atoms with Crippen LogP contribution in [0, 0.1) is 6.92 Å². The van der Waals surface area contributed by atoms with Crippen molar-refractivity contribution >= 4 is 17.2 Å². The van der Waals surface area contributed by atoms with Crippen molar-refractivity contribution in [3.8, 4) is 0 Å². The molecule has 96 valence electrons. The molecule has 2 aromatic heterocycles. The van der Waals surface area contributed by atoms with E-state index in [1.165, 1.54) is 0 Å². The lowest BCUT2D eigenvalue weighted by Crippen LogP contribution is -2.07. The maximum absolute atomic E-state index is 12.5. The number of rotatable bonds is 3. The molecule has 0 aliphatic heterocycles. The number of halogens is 3. The van der Waals surface area contributed by atoms with Gasteiger partial charge >= 0.3 is 6.18 Å². The molecule has 18 heavy (non-hydrogen) atoms. The van der Waals surface area contributed by atoms with Crippen LogP contribution in [0.1, 0.15) is 16.0 Å². The van der Waals surface area contributed by atoms with Crippen molar-refractivity contribution in [2.45, 2.75) is 19.6 Å². The number of nitrogens with zero attached hydrogens (tertiary/aromatic N) is 1. The smallest absolute Gasteiger partial charge is 0.365 e. The molecule has 0 spiro atoms. The molecule has 0 unspecified atom stereocenters. The summed E-state index contributed by atoms with van der Waals surface area (Å²) in [5.74, 6) is 0.234. The second-order valence-corrected chi connectivity index (χ2v) is 4.81. The Kier molecular flexibility index (Phi) is 3.56. The van der Waals surface area contributed by atoms with Gasteiger partial charge in [-0.05, 0) is 36.1 Å². The zero-order valence-electron chi connectivity index (χ0n) is 9.58. The first-order valence-electron chi connectivity index (χ1n) is 5.27. The number of aryl methyl sites for hydroxylation is 1. The first-order chi connectivity index (χ1) is 8.47. The Labute approximate surface area is 106 Å². The monoisotopic (exact) mass is 272 g/mol. The van der Waals surface area contributed by atoms with E-state index in [2.05, 4.69) is 10.3 Å². The summed E-state index contributed by atoms with van der Waals surface area (Å²) in [5.41, 5.74) is 0.433. The standard InChI is InChI=1S/C12H11F3N2S/c1-8-3-5-18-10(8)7-17-11-6-9(2-4-16-11)12(13,14)15/h2-6H,7H2,1H3,(H,16,17). The predicted molar refractivity (Wildman–Crippen MR) is 65.6 cm³/mol. The molecule has 0 bridgehead atoms. The van der Waals surface area contributed by atoms with Crippen molar-refractivity contribution in [1.82, 2.24) is 4.98 Å². The SMILES string of the molecule is Cc1ccsc1CNc1cc(C(F)(F)F)ccn1. The molecule has 0 aliphatic rings. The molecule has 0 fully saturated rings. The summed E-state index contributed by atoms with van der Waals surface area (Å²) in [6, 6.07) is 3.95. The van der Waals surface area contributed by atoms with Gasteiger partial charge in [-0.3, -0.25) is 0 Å². The van der Waals surface area contributed by atoms with Crippen molar-refractivity contribution in [1.29, 1.82) is 0 Å². The lowest BCUT2D eigenvalue weighted by molar-refractivity contribution is -0.137. The summed E-state index contributed by atoms with van der Waals surface area (Å²) >= 11 is 1.57. The van der Waals surface area contributed by atoms with Gasteiger partial charge in [0, 0.05) is 11.1 Å². The molecule has 0 radical (unpaired) electrons. The molecule has 0 atom stereocenters. The van der Waals surface area contributed by atoms with Crippen LogP contribution in [0.25, 0.3) is 0 Å². The van der Waals surface area contributed by atoms with Crippen LogP contribution in [0.5, 0.6) is 0 Å². The zero-order chi connectivity index (χ0) is 13.2. The molecule has 2 nitrogen and oxygen atoms in total. The molecule has 2 rings (SSSR count). The Bertz CT molecular complexity index is 534. The average Bonchev–Trinajstić information content (AvgIpc) is 2.72. The summed E-state index contributed by atoms with van der Waals surface area (Å²) in [6.45, 7) is 2.45. The van der Waals surface area contributed by atoms with E-state index >= 15 is 0 Å². The minimum absolute atomic E-state index is 0.234. The lowest BCUT2D eigenvalue weighted by Gasteiger charge is -2.09. The summed E-state index contributed by atoms with van der Waals surface area (Å²) in [5, 5.41) is 4.85. The molecule has 0 saturated heterocycles. The van der Waals surface area contributed by atoms with Gasteiger partial charge in [-0.25, -0.2) is 4.98 Å². The second-order valence-electron chi connectivity index (χ2n) is 3.81. The Morgan fingerprint density at radius 1 is 1.33 bits per heavy atom. The van der Waals surface area contributed by atoms with E-state index < -0.39 is 11.7 Å². The number of nitrogens with one attached hydrogen (secondary N) is 1. The van der Waals surface area contributed by atoms with Crippen LogP contribution in [0.15, 0.2) is 29.8 Å². The largest absolute Gasteiger partial charge is 0.416 e. The minimum atomic E-state index is -4.34. The third-order valence-corrected chi connectivity index (χ3v) is 3.51. The van der Waals surface area contributed by atoms with Crippen LogP contribution < -0.4 is 5.32 Å². The maximum atomic E-state index is 12.5. The molecule has 0 saturated carbocycles. The van der Waals surface area contributed by atoms with Gasteiger partial charge in [0.25, 0.3) is 0 Å². The van der Waals surface area contributed by atoms with E-state index in [4.69, 9.17) is 0 Å². The highest BCUT2D eigenvalue weighted by Gasteiger charge is 2.30. The molecule has 0 aliphatic carbocycles. The van der Waals surface area contributed by atoms with Gasteiger partial charge < -0.3 is 5.32 Å². The van der Waals surface area contributed by atoms with Crippen molar-refractivity contribution in [3.63, 3.8) is 0 Å². The van der Waals surface area contributed by atoms with E-state index in [1.807, 2.05) is 18.4 Å². The van der Waals surface area contributed by atoms with Gasteiger partial charge in [-0.2, -0.15) is 13.2 Å². The highest BCUT2D eigenvalue weighted by atomic mass is 32.1. The summed E-state index contributed by atoms with van der Waals surface area (Å²) in [7, 11) is 0. The lowest BCUT2D eigenvalue weighted by atomic mass is 10.2. The fourth-order valence-corrected chi connectivity index (χ4v) is 2.31. The summed E-state index contributed by atoms with van der Waals surface area (Å²) < 4.78 is 37.5. The third-order valence-electron chi connectivity index (χ3n) is 2.49. The highest BCUT2D eigenvalue weighted by molar-refractivity contribution is 7.10. The molecule has 0 aromatic carbocycles. The van der Waals surface area contributed by atoms with E-state index in [1.54, 1.807) is 11.3 Å². The van der Waals surface area contributed by atoms with E-state index in [9.17, 15) is 13.2 Å². The molecule has 6 heteroatoms. The van der Waals surface area contributed by atoms with Crippen LogP contribution in [0.2, 0.25) is 0 Å². The van der Waals surface area contributed by atoms with Gasteiger partial charge in [0.15, 0.2) is 0 Å². The van der Waals surface area contributed by atoms with Gasteiger partial charge in [0.2, 0.25) is 0 Å². The fourth-order valence-electron chi connectivity index (χ4n) is 1.46. The normalized spacial score (nSPS) is 11.6. The van der Waals surface area contributed by atoms with E-state index in [-0.39, 0.29) is 5.82 Å². The molecule has 2 aromatic rings. The van der Waals surface area contributed by atoms with Crippen LogP contribution in [-0.2, 0) is 12.7 Å². The van der Waals surface area contributed by atoms with E-state index in [0.29, 0.717) is 6.54 Å². The number of pyridine rings is 1. The Morgan fingerprint density at radius 2 is 2.11 bits per heavy atom. The number of anilines is 1. The topological polar surface area (TPSA) is 24.9 Å². The Balaban J connectivity index is 2.09. The highest BCUT2D eigenvalue weighted by Crippen LogP contribution is 2.30. The van der Waals surface area contributed by atoms with Crippen molar-refractivity contribution in [2.24, 2.45) is 0 Å². The zero-order valence-corrected chi connectivity index (χ0v) is 10.4. The van der Waals surface area contributed by atoms with Gasteiger partial charge in [0.05, 0.1) is 12.1 Å². The van der Waals surface area contributed by atoms with E-state index in [0.717, 1.165) is 28.8 Å². The number of thiophene rings is 1. The predicted octanol–water partition coefficient (Wildman–Crippen LogP) is 4.08. The van der Waals surface area contributed by atoms with Gasteiger partial charge in [-0.15, -0.1) is 11.3 Å². The first kappa shape index (κ1) is 12.9. The van der Waals surface area contributed by atoms with Crippen molar-refractivity contribution in [2.75, 3.05) is 5.32 Å². The molecular formula is C12H11F3N2S. The summed E-state index contributed by atoms with van der Waals surface area (Å²) in [6.07, 6.45) is -3.18. The van der Waals surface area contributed by atoms with Crippen molar-refractivity contribution < 1.29 is 13.2 Å². The maximum Gasteiger partial charge on any atom is 0.416 e. The number of alkyl halides is 3. The minimum Gasteiger partial charge on any atom is -0.365 e.